The lowest BCUT2D eigenvalue weighted by Gasteiger charge is -2.05. The van der Waals surface area contributed by atoms with Gasteiger partial charge in [-0.25, -0.2) is 0 Å². The van der Waals surface area contributed by atoms with Gasteiger partial charge in [-0.15, -0.1) is 11.6 Å². The van der Waals surface area contributed by atoms with E-state index in [-0.39, 0.29) is 11.8 Å². The Balaban J connectivity index is 3.04. The van der Waals surface area contributed by atoms with Gasteiger partial charge in [-0.05, 0) is 28.1 Å². The molecule has 14 heavy (non-hydrogen) atoms. The molecule has 1 amide bonds. The third kappa shape index (κ3) is 2.47. The number of anilines is 1. The van der Waals surface area contributed by atoms with Crippen molar-refractivity contribution in [3.05, 3.63) is 28.2 Å². The number of benzene rings is 1. The average Bonchev–Trinajstić information content (AvgIpc) is 2.18. The number of amides is 1. The molecule has 1 aromatic carbocycles. The van der Waals surface area contributed by atoms with Crippen molar-refractivity contribution in [3.63, 3.8) is 0 Å². The van der Waals surface area contributed by atoms with E-state index in [1.54, 1.807) is 18.2 Å². The standard InChI is InChI=1S/C9H6BrClN2O/c10-7-2-1-3-8(6(7)5-12)13-9(14)4-11/h1-3H,4H2,(H,13,14). The highest BCUT2D eigenvalue weighted by Gasteiger charge is 2.07. The van der Waals surface area contributed by atoms with Crippen LogP contribution < -0.4 is 5.32 Å². The Morgan fingerprint density at radius 3 is 2.93 bits per heavy atom. The fourth-order valence-corrected chi connectivity index (χ4v) is 1.45. The average molecular weight is 274 g/mol. The van der Waals surface area contributed by atoms with Crippen LogP contribution in [-0.2, 0) is 4.79 Å². The molecule has 0 aliphatic heterocycles. The Bertz CT molecular complexity index is 400. The molecule has 0 aromatic heterocycles. The van der Waals surface area contributed by atoms with Gasteiger partial charge in [0.1, 0.15) is 11.9 Å². The first kappa shape index (κ1) is 11.0. The maximum atomic E-state index is 11.0. The molecule has 72 valence electrons. The third-order valence-electron chi connectivity index (χ3n) is 1.52. The quantitative estimate of drug-likeness (QED) is 0.842. The predicted octanol–water partition coefficient (Wildman–Crippen LogP) is 2.50. The monoisotopic (exact) mass is 272 g/mol. The molecule has 0 saturated carbocycles. The van der Waals surface area contributed by atoms with E-state index < -0.39 is 0 Å². The highest BCUT2D eigenvalue weighted by molar-refractivity contribution is 9.10. The molecular formula is C9H6BrClN2O. The number of hydrogen-bond donors (Lipinski definition) is 1. The number of nitriles is 1. The van der Waals surface area contributed by atoms with E-state index in [2.05, 4.69) is 21.2 Å². The summed E-state index contributed by atoms with van der Waals surface area (Å²) in [6.07, 6.45) is 0. The summed E-state index contributed by atoms with van der Waals surface area (Å²) in [7, 11) is 0. The maximum Gasteiger partial charge on any atom is 0.239 e. The minimum absolute atomic E-state index is 0.128. The number of carbonyl (C=O) groups is 1. The second-order valence-electron chi connectivity index (χ2n) is 2.46. The van der Waals surface area contributed by atoms with Crippen LogP contribution in [0.25, 0.3) is 0 Å². The van der Waals surface area contributed by atoms with Crippen molar-refractivity contribution in [1.29, 1.82) is 5.26 Å². The molecule has 0 spiro atoms. The molecule has 1 aromatic rings. The van der Waals surface area contributed by atoms with Crippen molar-refractivity contribution in [1.82, 2.24) is 0 Å². The van der Waals surface area contributed by atoms with E-state index in [9.17, 15) is 4.79 Å². The molecule has 5 heteroatoms. The Labute approximate surface area is 94.8 Å². The zero-order valence-corrected chi connectivity index (χ0v) is 9.39. The number of carbonyl (C=O) groups excluding carboxylic acids is 1. The van der Waals surface area contributed by atoms with Crippen LogP contribution in [0.3, 0.4) is 0 Å². The first-order valence-electron chi connectivity index (χ1n) is 3.73. The van der Waals surface area contributed by atoms with Crippen molar-refractivity contribution < 1.29 is 4.79 Å². The summed E-state index contributed by atoms with van der Waals surface area (Å²) in [4.78, 5) is 11.0. The Kier molecular flexibility index (Phi) is 3.93. The van der Waals surface area contributed by atoms with E-state index in [1.807, 2.05) is 6.07 Å². The normalized spacial score (nSPS) is 9.21. The van der Waals surface area contributed by atoms with Crippen molar-refractivity contribution >= 4 is 39.1 Å². The van der Waals surface area contributed by atoms with Crippen molar-refractivity contribution in [2.45, 2.75) is 0 Å². The summed E-state index contributed by atoms with van der Waals surface area (Å²) >= 11 is 8.54. The van der Waals surface area contributed by atoms with Crippen LogP contribution in [-0.4, -0.2) is 11.8 Å². The van der Waals surface area contributed by atoms with E-state index in [4.69, 9.17) is 16.9 Å². The lowest BCUT2D eigenvalue weighted by molar-refractivity contribution is -0.113. The number of hydrogen-bond acceptors (Lipinski definition) is 2. The zero-order chi connectivity index (χ0) is 10.6. The fraction of sp³-hybridized carbons (Fsp3) is 0.111. The highest BCUT2D eigenvalue weighted by atomic mass is 79.9. The summed E-state index contributed by atoms with van der Waals surface area (Å²) in [5, 5.41) is 11.3. The molecule has 0 aliphatic carbocycles. The largest absolute Gasteiger partial charge is 0.324 e. The van der Waals surface area contributed by atoms with Crippen LogP contribution >= 0.6 is 27.5 Å². The van der Waals surface area contributed by atoms with Crippen molar-refractivity contribution in [2.24, 2.45) is 0 Å². The molecule has 0 heterocycles. The maximum absolute atomic E-state index is 11.0. The van der Waals surface area contributed by atoms with Gasteiger partial charge >= 0.3 is 0 Å². The lowest BCUT2D eigenvalue weighted by atomic mass is 10.2. The molecule has 1 N–H and O–H groups in total. The molecule has 1 rings (SSSR count). The van der Waals surface area contributed by atoms with Crippen LogP contribution in [0.5, 0.6) is 0 Å². The van der Waals surface area contributed by atoms with Crippen LogP contribution in [0.4, 0.5) is 5.69 Å². The topological polar surface area (TPSA) is 52.9 Å². The first-order valence-corrected chi connectivity index (χ1v) is 5.06. The lowest BCUT2D eigenvalue weighted by Crippen LogP contribution is -2.13. The number of alkyl halides is 1. The smallest absolute Gasteiger partial charge is 0.239 e. The zero-order valence-electron chi connectivity index (χ0n) is 7.05. The Morgan fingerprint density at radius 2 is 2.36 bits per heavy atom. The van der Waals surface area contributed by atoms with Crippen LogP contribution in [0.1, 0.15) is 5.56 Å². The molecule has 0 aliphatic rings. The van der Waals surface area contributed by atoms with Gasteiger partial charge in [0, 0.05) is 4.47 Å². The highest BCUT2D eigenvalue weighted by Crippen LogP contribution is 2.23. The van der Waals surface area contributed by atoms with Gasteiger partial charge in [0.25, 0.3) is 0 Å². The van der Waals surface area contributed by atoms with E-state index in [0.29, 0.717) is 15.7 Å². The molecule has 0 radical (unpaired) electrons. The van der Waals surface area contributed by atoms with E-state index >= 15 is 0 Å². The molecule has 0 unspecified atom stereocenters. The van der Waals surface area contributed by atoms with Crippen LogP contribution in [0.2, 0.25) is 0 Å². The van der Waals surface area contributed by atoms with Gasteiger partial charge in [0.05, 0.1) is 11.3 Å². The van der Waals surface area contributed by atoms with Crippen molar-refractivity contribution in [3.8, 4) is 6.07 Å². The molecule has 0 saturated heterocycles. The summed E-state index contributed by atoms with van der Waals surface area (Å²) in [6.45, 7) is 0. The van der Waals surface area contributed by atoms with E-state index in [1.165, 1.54) is 0 Å². The number of rotatable bonds is 2. The van der Waals surface area contributed by atoms with Crippen molar-refractivity contribution in [2.75, 3.05) is 11.2 Å². The van der Waals surface area contributed by atoms with Crippen LogP contribution in [0, 0.1) is 11.3 Å². The fourth-order valence-electron chi connectivity index (χ4n) is 0.926. The Hall–Kier alpha value is -1.05. The van der Waals surface area contributed by atoms with Gasteiger partial charge < -0.3 is 5.32 Å². The third-order valence-corrected chi connectivity index (χ3v) is 2.42. The number of nitrogens with one attached hydrogen (secondary N) is 1. The number of halogens is 2. The summed E-state index contributed by atoms with van der Waals surface area (Å²) in [6, 6.07) is 7.10. The minimum atomic E-state index is -0.332. The minimum Gasteiger partial charge on any atom is -0.324 e. The Morgan fingerprint density at radius 1 is 1.64 bits per heavy atom. The van der Waals surface area contributed by atoms with Gasteiger partial charge in [-0.2, -0.15) is 5.26 Å². The summed E-state index contributed by atoms with van der Waals surface area (Å²) in [5.74, 6) is -0.460. The molecular weight excluding hydrogens is 267 g/mol. The SMILES string of the molecule is N#Cc1c(Br)cccc1NC(=O)CCl. The molecule has 0 bridgehead atoms. The second-order valence-corrected chi connectivity index (χ2v) is 3.58. The van der Waals surface area contributed by atoms with Crippen LogP contribution in [0.15, 0.2) is 22.7 Å². The second kappa shape index (κ2) is 4.99. The van der Waals surface area contributed by atoms with Gasteiger partial charge in [-0.3, -0.25) is 4.79 Å². The molecule has 0 atom stereocenters. The molecule has 0 fully saturated rings. The summed E-state index contributed by atoms with van der Waals surface area (Å²) in [5.41, 5.74) is 0.860. The molecule has 3 nitrogen and oxygen atoms in total. The van der Waals surface area contributed by atoms with E-state index in [0.717, 1.165) is 0 Å². The van der Waals surface area contributed by atoms with Gasteiger partial charge in [0.15, 0.2) is 0 Å². The van der Waals surface area contributed by atoms with Gasteiger partial charge in [0.2, 0.25) is 5.91 Å². The first-order chi connectivity index (χ1) is 6.69. The number of nitrogens with zero attached hydrogens (tertiary/aromatic N) is 1. The summed E-state index contributed by atoms with van der Waals surface area (Å²) < 4.78 is 0.646. The van der Waals surface area contributed by atoms with Gasteiger partial charge in [-0.1, -0.05) is 6.07 Å². The predicted molar refractivity (Wildman–Crippen MR) is 58.2 cm³/mol.